The van der Waals surface area contributed by atoms with Crippen molar-refractivity contribution in [1.82, 2.24) is 4.98 Å². The van der Waals surface area contributed by atoms with Gasteiger partial charge in [0.05, 0.1) is 19.3 Å². The Kier molecular flexibility index (Phi) is 6.33. The van der Waals surface area contributed by atoms with E-state index in [0.29, 0.717) is 24.0 Å². The maximum atomic E-state index is 11.5. The van der Waals surface area contributed by atoms with Crippen molar-refractivity contribution in [3.8, 4) is 22.8 Å². The maximum absolute atomic E-state index is 11.5. The normalized spacial score (nSPS) is 13.0. The Morgan fingerprint density at radius 1 is 1.03 bits per heavy atom. The van der Waals surface area contributed by atoms with Gasteiger partial charge in [-0.2, -0.15) is 0 Å². The van der Waals surface area contributed by atoms with Gasteiger partial charge in [0, 0.05) is 22.3 Å². The molecule has 0 radical (unpaired) electrons. The van der Waals surface area contributed by atoms with Crippen molar-refractivity contribution in [3.05, 3.63) is 76.4 Å². The van der Waals surface area contributed by atoms with Crippen molar-refractivity contribution in [1.29, 1.82) is 0 Å². The molecular weight excluding hydrogens is 446 g/mol. The van der Waals surface area contributed by atoms with Gasteiger partial charge in [-0.3, -0.25) is 0 Å². The summed E-state index contributed by atoms with van der Waals surface area (Å²) in [5, 5.41) is 0. The van der Waals surface area contributed by atoms with Crippen molar-refractivity contribution in [3.63, 3.8) is 0 Å². The first kappa shape index (κ1) is 20.4. The number of rotatable bonds is 8. The van der Waals surface area contributed by atoms with Gasteiger partial charge in [0.25, 0.3) is 0 Å². The number of carbonyl (C=O) groups is 1. The molecule has 0 amide bonds. The summed E-state index contributed by atoms with van der Waals surface area (Å²) in [6.07, 6.45) is 4.34. The lowest BCUT2D eigenvalue weighted by Gasteiger charge is -2.11. The molecule has 0 spiro atoms. The molecule has 1 aromatic heterocycles. The van der Waals surface area contributed by atoms with Gasteiger partial charge >= 0.3 is 5.97 Å². The van der Waals surface area contributed by atoms with E-state index < -0.39 is 0 Å². The number of carbonyl (C=O) groups excluding carboxylic acids is 1. The fourth-order valence-electron chi connectivity index (χ4n) is 2.96. The van der Waals surface area contributed by atoms with Gasteiger partial charge in [-0.15, -0.1) is 0 Å². The van der Waals surface area contributed by atoms with Crippen LogP contribution in [0.15, 0.2) is 65.3 Å². The molecule has 1 fully saturated rings. The van der Waals surface area contributed by atoms with E-state index in [4.69, 9.17) is 14.2 Å². The number of benzene rings is 2. The molecule has 1 aliphatic rings. The standard InChI is InChI=1S/C24H22BrNO4/c1-28-24(27)18-6-4-17(5-7-18)14-29-22-11-20(10-21(25)12-22)19-8-9-23(26-13-19)30-15-16-2-3-16/h4-13,16H,2-3,14-15H2,1H3. The Morgan fingerprint density at radius 3 is 2.50 bits per heavy atom. The highest BCUT2D eigenvalue weighted by molar-refractivity contribution is 9.10. The molecule has 30 heavy (non-hydrogen) atoms. The number of ether oxygens (including phenoxy) is 3. The number of halogens is 1. The molecule has 0 bridgehead atoms. The van der Waals surface area contributed by atoms with E-state index in [1.54, 1.807) is 12.1 Å². The minimum absolute atomic E-state index is 0.350. The number of hydrogen-bond donors (Lipinski definition) is 0. The summed E-state index contributed by atoms with van der Waals surface area (Å²) in [5.41, 5.74) is 3.47. The van der Waals surface area contributed by atoms with E-state index in [-0.39, 0.29) is 5.97 Å². The number of esters is 1. The molecule has 0 atom stereocenters. The molecule has 0 N–H and O–H groups in total. The summed E-state index contributed by atoms with van der Waals surface area (Å²) in [6.45, 7) is 1.14. The summed E-state index contributed by atoms with van der Waals surface area (Å²) in [7, 11) is 1.37. The fraction of sp³-hybridized carbons (Fsp3) is 0.250. The van der Waals surface area contributed by atoms with Crippen LogP contribution in [-0.4, -0.2) is 24.7 Å². The first-order valence-corrected chi connectivity index (χ1v) is 10.6. The molecule has 1 saturated carbocycles. The number of pyridine rings is 1. The zero-order chi connectivity index (χ0) is 20.9. The SMILES string of the molecule is COC(=O)c1ccc(COc2cc(Br)cc(-c3ccc(OCC4CC4)nc3)c2)cc1. The summed E-state index contributed by atoms with van der Waals surface area (Å²) >= 11 is 3.56. The molecule has 5 nitrogen and oxygen atoms in total. The average molecular weight is 468 g/mol. The van der Waals surface area contributed by atoms with Crippen LogP contribution in [0.4, 0.5) is 0 Å². The third-order valence-electron chi connectivity index (χ3n) is 4.89. The lowest BCUT2D eigenvalue weighted by atomic mass is 10.1. The second kappa shape index (κ2) is 9.30. The Labute approximate surface area is 184 Å². The summed E-state index contributed by atoms with van der Waals surface area (Å²) < 4.78 is 17.3. The average Bonchev–Trinajstić information content (AvgIpc) is 3.61. The van der Waals surface area contributed by atoms with Crippen LogP contribution in [-0.2, 0) is 11.3 Å². The molecule has 154 valence electrons. The van der Waals surface area contributed by atoms with Gasteiger partial charge in [-0.1, -0.05) is 28.1 Å². The zero-order valence-corrected chi connectivity index (χ0v) is 18.2. The van der Waals surface area contributed by atoms with Crippen molar-refractivity contribution in [2.24, 2.45) is 5.92 Å². The van der Waals surface area contributed by atoms with Crippen LogP contribution in [0.25, 0.3) is 11.1 Å². The van der Waals surface area contributed by atoms with Gasteiger partial charge in [-0.25, -0.2) is 9.78 Å². The molecule has 1 heterocycles. The largest absolute Gasteiger partial charge is 0.489 e. The summed E-state index contributed by atoms with van der Waals surface area (Å²) in [4.78, 5) is 16.0. The minimum atomic E-state index is -0.350. The van der Waals surface area contributed by atoms with Crippen LogP contribution in [0.3, 0.4) is 0 Å². The van der Waals surface area contributed by atoms with Crippen molar-refractivity contribution >= 4 is 21.9 Å². The van der Waals surface area contributed by atoms with E-state index in [1.165, 1.54) is 20.0 Å². The first-order valence-electron chi connectivity index (χ1n) is 9.80. The van der Waals surface area contributed by atoms with Gasteiger partial charge in [0.2, 0.25) is 5.88 Å². The highest BCUT2D eigenvalue weighted by atomic mass is 79.9. The fourth-order valence-corrected chi connectivity index (χ4v) is 3.43. The van der Waals surface area contributed by atoms with Crippen molar-refractivity contribution in [2.45, 2.75) is 19.4 Å². The van der Waals surface area contributed by atoms with E-state index in [1.807, 2.05) is 48.7 Å². The van der Waals surface area contributed by atoms with E-state index in [9.17, 15) is 4.79 Å². The minimum Gasteiger partial charge on any atom is -0.489 e. The van der Waals surface area contributed by atoms with Gasteiger partial charge in [-0.05, 0) is 66.3 Å². The lowest BCUT2D eigenvalue weighted by molar-refractivity contribution is 0.0600. The molecule has 0 unspecified atom stereocenters. The van der Waals surface area contributed by atoms with Crippen molar-refractivity contribution < 1.29 is 19.0 Å². The van der Waals surface area contributed by atoms with Gasteiger partial charge in [0.15, 0.2) is 0 Å². The summed E-state index contributed by atoms with van der Waals surface area (Å²) in [5.74, 6) is 1.75. The highest BCUT2D eigenvalue weighted by Crippen LogP contribution is 2.31. The third-order valence-corrected chi connectivity index (χ3v) is 5.34. The molecule has 4 rings (SSSR count). The molecule has 2 aromatic carbocycles. The Hall–Kier alpha value is -2.86. The van der Waals surface area contributed by atoms with Gasteiger partial charge < -0.3 is 14.2 Å². The van der Waals surface area contributed by atoms with Crippen LogP contribution in [0, 0.1) is 5.92 Å². The smallest absolute Gasteiger partial charge is 0.337 e. The third kappa shape index (κ3) is 5.39. The molecular formula is C24H22BrNO4. The lowest BCUT2D eigenvalue weighted by Crippen LogP contribution is -2.02. The van der Waals surface area contributed by atoms with Crippen LogP contribution in [0.2, 0.25) is 0 Å². The number of aromatic nitrogens is 1. The molecule has 0 aliphatic heterocycles. The predicted molar refractivity (Wildman–Crippen MR) is 118 cm³/mol. The van der Waals surface area contributed by atoms with Crippen LogP contribution >= 0.6 is 15.9 Å². The Balaban J connectivity index is 1.41. The van der Waals surface area contributed by atoms with E-state index in [2.05, 4.69) is 20.9 Å². The Bertz CT molecular complexity index is 1010. The second-order valence-corrected chi connectivity index (χ2v) is 8.21. The topological polar surface area (TPSA) is 57.7 Å². The zero-order valence-electron chi connectivity index (χ0n) is 16.6. The first-order chi connectivity index (χ1) is 14.6. The van der Waals surface area contributed by atoms with Crippen LogP contribution in [0.5, 0.6) is 11.6 Å². The molecule has 3 aromatic rings. The number of methoxy groups -OCH3 is 1. The van der Waals surface area contributed by atoms with Gasteiger partial charge in [0.1, 0.15) is 12.4 Å². The molecule has 6 heteroatoms. The Morgan fingerprint density at radius 2 is 1.83 bits per heavy atom. The molecule has 1 aliphatic carbocycles. The van der Waals surface area contributed by atoms with E-state index in [0.717, 1.165) is 33.5 Å². The van der Waals surface area contributed by atoms with Crippen LogP contribution in [0.1, 0.15) is 28.8 Å². The molecule has 0 saturated heterocycles. The second-order valence-electron chi connectivity index (χ2n) is 7.29. The number of hydrogen-bond acceptors (Lipinski definition) is 5. The quantitative estimate of drug-likeness (QED) is 0.399. The summed E-state index contributed by atoms with van der Waals surface area (Å²) in [6, 6.07) is 17.0. The van der Waals surface area contributed by atoms with Crippen molar-refractivity contribution in [2.75, 3.05) is 13.7 Å². The van der Waals surface area contributed by atoms with Crippen LogP contribution < -0.4 is 9.47 Å². The monoisotopic (exact) mass is 467 g/mol. The van der Waals surface area contributed by atoms with E-state index >= 15 is 0 Å². The predicted octanol–water partition coefficient (Wildman–Crippen LogP) is 5.67. The highest BCUT2D eigenvalue weighted by Gasteiger charge is 2.22. The number of nitrogens with zero attached hydrogens (tertiary/aromatic N) is 1. The maximum Gasteiger partial charge on any atom is 0.337 e.